The van der Waals surface area contributed by atoms with Gasteiger partial charge in [-0.1, -0.05) is 202 Å². The Morgan fingerprint density at radius 2 is 0.776 bits per heavy atom. The highest BCUT2D eigenvalue weighted by Crippen LogP contribution is 2.54. The van der Waals surface area contributed by atoms with Gasteiger partial charge in [0, 0.05) is 21.8 Å². The summed E-state index contributed by atoms with van der Waals surface area (Å²) in [5.41, 5.74) is 17.0. The molecule has 1 nitrogen and oxygen atoms in total. The summed E-state index contributed by atoms with van der Waals surface area (Å²) < 4.78 is 6.41. The van der Waals surface area contributed by atoms with Gasteiger partial charge in [-0.05, 0) is 99.6 Å². The molecule has 0 radical (unpaired) electrons. The molecule has 12 rings (SSSR count). The Morgan fingerprint density at radius 3 is 1.41 bits per heavy atom. The molecule has 1 heterocycles. The van der Waals surface area contributed by atoms with E-state index in [-0.39, 0.29) is 5.41 Å². The van der Waals surface area contributed by atoms with Crippen LogP contribution in [0.2, 0.25) is 0 Å². The number of benzene rings is 10. The number of hydrogen-bond acceptors (Lipinski definition) is 1. The zero-order chi connectivity index (χ0) is 38.5. The van der Waals surface area contributed by atoms with Crippen molar-refractivity contribution in [1.29, 1.82) is 0 Å². The van der Waals surface area contributed by atoms with Crippen LogP contribution in [0.1, 0.15) is 25.0 Å². The summed E-state index contributed by atoms with van der Waals surface area (Å²) in [4.78, 5) is 0. The first-order valence-electron chi connectivity index (χ1n) is 20.3. The van der Waals surface area contributed by atoms with E-state index in [4.69, 9.17) is 4.42 Å². The average Bonchev–Trinajstić information content (AvgIpc) is 3.78. The van der Waals surface area contributed by atoms with E-state index in [9.17, 15) is 0 Å². The lowest BCUT2D eigenvalue weighted by Gasteiger charge is -2.21. The third-order valence-corrected chi connectivity index (χ3v) is 12.9. The Balaban J connectivity index is 0.986. The monoisotopic (exact) mass is 738 g/mol. The van der Waals surface area contributed by atoms with Gasteiger partial charge in [0.05, 0.1) is 0 Å². The van der Waals surface area contributed by atoms with E-state index in [0.717, 1.165) is 33.1 Å². The molecule has 1 aliphatic rings. The molecule has 0 saturated heterocycles. The first-order chi connectivity index (χ1) is 28.5. The van der Waals surface area contributed by atoms with Crippen LogP contribution >= 0.6 is 0 Å². The van der Waals surface area contributed by atoms with Crippen LogP contribution in [-0.4, -0.2) is 0 Å². The number of hydrogen-bond donors (Lipinski definition) is 0. The van der Waals surface area contributed by atoms with Crippen molar-refractivity contribution in [2.75, 3.05) is 0 Å². The highest BCUT2D eigenvalue weighted by atomic mass is 16.3. The van der Waals surface area contributed by atoms with Crippen molar-refractivity contribution in [3.63, 3.8) is 0 Å². The molecule has 0 fully saturated rings. The first kappa shape index (κ1) is 33.0. The Kier molecular flexibility index (Phi) is 7.04. The fraction of sp³-hybridized carbons (Fsp3) is 0.0526. The predicted octanol–water partition coefficient (Wildman–Crippen LogP) is 16.0. The molecule has 0 atom stereocenters. The standard InChI is InChI=1S/C57H38O/c1-57(2)49-23-12-20-41(54(49)55-40-14-4-3-13-35(40)33-34-50(55)57)36-25-29-38(30-26-36)52-44-16-5-7-18-46(44)53(47-19-8-6-17-45(47)52)39-31-27-37(28-32-39)42-21-11-22-48-43-15-9-10-24-51(43)58-56(42)48/h3-34H,1-2H3. The van der Waals surface area contributed by atoms with Gasteiger partial charge in [0.25, 0.3) is 0 Å². The minimum Gasteiger partial charge on any atom is -0.455 e. The van der Waals surface area contributed by atoms with Gasteiger partial charge in [-0.25, -0.2) is 0 Å². The van der Waals surface area contributed by atoms with E-state index in [1.165, 1.54) is 88.0 Å². The van der Waals surface area contributed by atoms with Crippen molar-refractivity contribution in [2.45, 2.75) is 19.3 Å². The average molecular weight is 739 g/mol. The van der Waals surface area contributed by atoms with Crippen molar-refractivity contribution in [3.05, 3.63) is 205 Å². The molecule has 1 aromatic heterocycles. The molecule has 0 unspecified atom stereocenters. The maximum atomic E-state index is 6.41. The largest absolute Gasteiger partial charge is 0.455 e. The summed E-state index contributed by atoms with van der Waals surface area (Å²) >= 11 is 0. The molecule has 0 N–H and O–H groups in total. The van der Waals surface area contributed by atoms with E-state index in [0.29, 0.717) is 0 Å². The number of furan rings is 1. The zero-order valence-corrected chi connectivity index (χ0v) is 32.4. The van der Waals surface area contributed by atoms with Gasteiger partial charge in [-0.2, -0.15) is 0 Å². The molecular weight excluding hydrogens is 701 g/mol. The molecule has 58 heavy (non-hydrogen) atoms. The molecular formula is C57H38O. The maximum Gasteiger partial charge on any atom is 0.143 e. The maximum absolute atomic E-state index is 6.41. The summed E-state index contributed by atoms with van der Waals surface area (Å²) in [6.45, 7) is 4.74. The van der Waals surface area contributed by atoms with E-state index >= 15 is 0 Å². The third-order valence-electron chi connectivity index (χ3n) is 12.9. The summed E-state index contributed by atoms with van der Waals surface area (Å²) in [6, 6.07) is 71.3. The minimum absolute atomic E-state index is 0.0763. The van der Waals surface area contributed by atoms with Crippen molar-refractivity contribution < 1.29 is 4.42 Å². The van der Waals surface area contributed by atoms with Crippen LogP contribution in [0.5, 0.6) is 0 Å². The third kappa shape index (κ3) is 4.71. The molecule has 1 aliphatic carbocycles. The second kappa shape index (κ2) is 12.4. The van der Waals surface area contributed by atoms with E-state index in [2.05, 4.69) is 196 Å². The van der Waals surface area contributed by atoms with Crippen LogP contribution in [-0.2, 0) is 5.41 Å². The van der Waals surface area contributed by atoms with Crippen molar-refractivity contribution in [1.82, 2.24) is 0 Å². The molecule has 0 aliphatic heterocycles. The van der Waals surface area contributed by atoms with Gasteiger partial charge in [-0.15, -0.1) is 0 Å². The van der Waals surface area contributed by atoms with Crippen molar-refractivity contribution in [3.8, 4) is 55.6 Å². The quantitative estimate of drug-likeness (QED) is 0.164. The molecule has 11 aromatic rings. The molecule has 0 bridgehead atoms. The Bertz CT molecular complexity index is 3390. The van der Waals surface area contributed by atoms with Crippen LogP contribution in [0.3, 0.4) is 0 Å². The van der Waals surface area contributed by atoms with E-state index < -0.39 is 0 Å². The second-order valence-corrected chi connectivity index (χ2v) is 16.3. The van der Waals surface area contributed by atoms with Gasteiger partial charge in [0.1, 0.15) is 11.2 Å². The number of rotatable bonds is 4. The Hall–Kier alpha value is -7.22. The normalized spacial score (nSPS) is 13.1. The van der Waals surface area contributed by atoms with E-state index in [1.54, 1.807) is 0 Å². The van der Waals surface area contributed by atoms with Crippen LogP contribution in [0.25, 0.3) is 110 Å². The molecule has 0 spiro atoms. The van der Waals surface area contributed by atoms with Crippen LogP contribution in [0.4, 0.5) is 0 Å². The van der Waals surface area contributed by atoms with Crippen LogP contribution in [0.15, 0.2) is 199 Å². The smallest absolute Gasteiger partial charge is 0.143 e. The van der Waals surface area contributed by atoms with Crippen LogP contribution in [0, 0.1) is 0 Å². The SMILES string of the molecule is CC1(C)c2cccc(-c3ccc(-c4c5ccccc5c(-c5ccc(-c6cccc7c6oc6ccccc67)cc5)c5ccccc45)cc3)c2-c2c1ccc1ccccc21. The molecule has 0 saturated carbocycles. The van der Waals surface area contributed by atoms with Crippen molar-refractivity contribution >= 4 is 54.3 Å². The summed E-state index contributed by atoms with van der Waals surface area (Å²) in [7, 11) is 0. The number of fused-ring (bicyclic) bond motifs is 10. The van der Waals surface area contributed by atoms with Crippen molar-refractivity contribution in [2.24, 2.45) is 0 Å². The topological polar surface area (TPSA) is 13.1 Å². The highest BCUT2D eigenvalue weighted by molar-refractivity contribution is 6.21. The lowest BCUT2D eigenvalue weighted by atomic mass is 9.81. The zero-order valence-electron chi connectivity index (χ0n) is 32.4. The minimum atomic E-state index is -0.0763. The molecule has 272 valence electrons. The Morgan fingerprint density at radius 1 is 0.310 bits per heavy atom. The summed E-state index contributed by atoms with van der Waals surface area (Å²) in [6.07, 6.45) is 0. The highest BCUT2D eigenvalue weighted by Gasteiger charge is 2.37. The van der Waals surface area contributed by atoms with Gasteiger partial charge >= 0.3 is 0 Å². The second-order valence-electron chi connectivity index (χ2n) is 16.3. The van der Waals surface area contributed by atoms with Gasteiger partial charge < -0.3 is 4.42 Å². The summed E-state index contributed by atoms with van der Waals surface area (Å²) in [5.74, 6) is 0. The van der Waals surface area contributed by atoms with E-state index in [1.807, 2.05) is 12.1 Å². The molecule has 0 amide bonds. The molecule has 1 heteroatoms. The first-order valence-corrected chi connectivity index (χ1v) is 20.3. The fourth-order valence-electron chi connectivity index (χ4n) is 10.1. The Labute approximate surface area is 337 Å². The summed E-state index contributed by atoms with van der Waals surface area (Å²) in [5, 5.41) is 9.91. The van der Waals surface area contributed by atoms with Gasteiger partial charge in [0.2, 0.25) is 0 Å². The number of para-hydroxylation sites is 2. The van der Waals surface area contributed by atoms with Gasteiger partial charge in [-0.3, -0.25) is 0 Å². The predicted molar refractivity (Wildman–Crippen MR) is 246 cm³/mol. The molecule has 10 aromatic carbocycles. The fourth-order valence-corrected chi connectivity index (χ4v) is 10.1. The van der Waals surface area contributed by atoms with Crippen LogP contribution < -0.4 is 0 Å². The lowest BCUT2D eigenvalue weighted by molar-refractivity contribution is 0.661. The lowest BCUT2D eigenvalue weighted by Crippen LogP contribution is -2.14. The van der Waals surface area contributed by atoms with Gasteiger partial charge in [0.15, 0.2) is 0 Å².